The van der Waals surface area contributed by atoms with Gasteiger partial charge in [-0.05, 0) is 54.6 Å². The van der Waals surface area contributed by atoms with Gasteiger partial charge >= 0.3 is 0 Å². The Morgan fingerprint density at radius 1 is 0.943 bits per heavy atom. The van der Waals surface area contributed by atoms with Crippen molar-refractivity contribution >= 4 is 27.3 Å². The molecule has 3 aromatic carbocycles. The van der Waals surface area contributed by atoms with E-state index in [9.17, 15) is 17.6 Å². The van der Waals surface area contributed by atoms with Gasteiger partial charge in [0.25, 0.3) is 15.9 Å². The van der Waals surface area contributed by atoms with Gasteiger partial charge in [-0.25, -0.2) is 12.8 Å². The lowest BCUT2D eigenvalue weighted by Gasteiger charge is -2.14. The van der Waals surface area contributed by atoms with Gasteiger partial charge in [0.15, 0.2) is 11.5 Å². The van der Waals surface area contributed by atoms with Gasteiger partial charge < -0.3 is 19.3 Å². The highest BCUT2D eigenvalue weighted by Crippen LogP contribution is 2.32. The first-order valence-corrected chi connectivity index (χ1v) is 11.7. The summed E-state index contributed by atoms with van der Waals surface area (Å²) in [6, 6.07) is 17.4. The third-order valence-electron chi connectivity index (χ3n) is 4.94. The number of carbonyl (C=O) groups is 1. The molecule has 2 N–H and O–H groups in total. The molecule has 0 saturated carbocycles. The van der Waals surface area contributed by atoms with Crippen LogP contribution in [0.2, 0.25) is 0 Å². The van der Waals surface area contributed by atoms with Crippen molar-refractivity contribution in [1.29, 1.82) is 0 Å². The van der Waals surface area contributed by atoms with Crippen molar-refractivity contribution in [2.45, 2.75) is 4.90 Å². The van der Waals surface area contributed by atoms with Crippen molar-refractivity contribution < 1.29 is 31.6 Å². The van der Waals surface area contributed by atoms with Gasteiger partial charge in [0.1, 0.15) is 17.3 Å². The fraction of sp³-hybridized carbons (Fsp3) is 0.0833. The van der Waals surface area contributed by atoms with Crippen LogP contribution in [-0.4, -0.2) is 33.7 Å². The Morgan fingerprint density at radius 2 is 1.66 bits per heavy atom. The Bertz CT molecular complexity index is 1470. The van der Waals surface area contributed by atoms with E-state index in [1.165, 1.54) is 38.5 Å². The van der Waals surface area contributed by atoms with Crippen molar-refractivity contribution in [1.82, 2.24) is 5.16 Å². The van der Waals surface area contributed by atoms with Gasteiger partial charge in [0.05, 0.1) is 30.4 Å². The fourth-order valence-electron chi connectivity index (χ4n) is 3.24. The van der Waals surface area contributed by atoms with E-state index in [1.54, 1.807) is 24.3 Å². The molecule has 1 heterocycles. The zero-order chi connectivity index (χ0) is 25.0. The van der Waals surface area contributed by atoms with Crippen molar-refractivity contribution in [3.63, 3.8) is 0 Å². The second-order valence-corrected chi connectivity index (χ2v) is 8.89. The monoisotopic (exact) mass is 497 g/mol. The smallest absolute Gasteiger partial charge is 0.277 e. The molecule has 0 unspecified atom stereocenters. The first kappa shape index (κ1) is 23.8. The maximum Gasteiger partial charge on any atom is 0.277 e. The number of aromatic nitrogens is 1. The van der Waals surface area contributed by atoms with Gasteiger partial charge in [-0.1, -0.05) is 17.3 Å². The second kappa shape index (κ2) is 9.85. The molecule has 0 fully saturated rings. The Kier molecular flexibility index (Phi) is 6.69. The lowest BCUT2D eigenvalue weighted by Crippen LogP contribution is -2.15. The van der Waals surface area contributed by atoms with Crippen LogP contribution in [0.4, 0.5) is 15.8 Å². The summed E-state index contributed by atoms with van der Waals surface area (Å²) in [6.07, 6.45) is 0. The molecule has 1 amide bonds. The highest BCUT2D eigenvalue weighted by molar-refractivity contribution is 7.92. The average molecular weight is 498 g/mol. The van der Waals surface area contributed by atoms with Gasteiger partial charge in [0.2, 0.25) is 0 Å². The van der Waals surface area contributed by atoms with E-state index in [0.29, 0.717) is 17.1 Å². The highest BCUT2D eigenvalue weighted by Gasteiger charge is 2.19. The number of para-hydroxylation sites is 1. The van der Waals surface area contributed by atoms with Crippen LogP contribution < -0.4 is 19.5 Å². The number of hydrogen-bond acceptors (Lipinski definition) is 7. The molecule has 0 saturated heterocycles. The average Bonchev–Trinajstić information content (AvgIpc) is 3.35. The van der Waals surface area contributed by atoms with Gasteiger partial charge in [-0.2, -0.15) is 0 Å². The van der Waals surface area contributed by atoms with Gasteiger partial charge in [-0.3, -0.25) is 9.52 Å². The van der Waals surface area contributed by atoms with E-state index in [2.05, 4.69) is 15.2 Å². The van der Waals surface area contributed by atoms with E-state index in [0.717, 1.165) is 24.3 Å². The first-order chi connectivity index (χ1) is 16.8. The first-order valence-electron chi connectivity index (χ1n) is 10.2. The fourth-order valence-corrected chi connectivity index (χ4v) is 4.30. The van der Waals surface area contributed by atoms with Gasteiger partial charge in [-0.15, -0.1) is 0 Å². The standard InChI is InChI=1S/C24H20FN3O6S/c1-32-21-6-4-3-5-18(21)23-14-20(27-34-23)24(29)26-16-9-12-22(33-2)19(13-16)28-35(30,31)17-10-7-15(25)8-11-17/h3-14,28H,1-2H3,(H,26,29). The molecule has 35 heavy (non-hydrogen) atoms. The molecule has 0 aliphatic heterocycles. The van der Waals surface area contributed by atoms with E-state index < -0.39 is 21.7 Å². The Hall–Kier alpha value is -4.38. The number of nitrogens with zero attached hydrogens (tertiary/aromatic N) is 1. The quantitative estimate of drug-likeness (QED) is 0.366. The second-order valence-electron chi connectivity index (χ2n) is 7.21. The lowest BCUT2D eigenvalue weighted by molar-refractivity contribution is 0.101. The summed E-state index contributed by atoms with van der Waals surface area (Å²) in [6.45, 7) is 0. The largest absolute Gasteiger partial charge is 0.496 e. The van der Waals surface area contributed by atoms with Crippen LogP contribution in [-0.2, 0) is 10.0 Å². The maximum absolute atomic E-state index is 13.2. The molecule has 0 aliphatic rings. The molecule has 0 aliphatic carbocycles. The number of nitrogens with one attached hydrogen (secondary N) is 2. The minimum absolute atomic E-state index is 0.00941. The normalized spacial score (nSPS) is 11.1. The number of carbonyl (C=O) groups excluding carboxylic acids is 1. The van der Waals surface area contributed by atoms with E-state index in [4.69, 9.17) is 14.0 Å². The molecule has 180 valence electrons. The number of benzene rings is 3. The van der Waals surface area contributed by atoms with Crippen LogP contribution in [0.25, 0.3) is 11.3 Å². The predicted octanol–water partition coefficient (Wildman–Crippen LogP) is 4.55. The summed E-state index contributed by atoms with van der Waals surface area (Å²) in [5.41, 5.74) is 0.984. The molecular weight excluding hydrogens is 477 g/mol. The van der Waals surface area contributed by atoms with Crippen molar-refractivity contribution in [3.8, 4) is 22.8 Å². The molecule has 9 nitrogen and oxygen atoms in total. The number of halogens is 1. The van der Waals surface area contributed by atoms with Crippen LogP contribution in [0.15, 0.2) is 82.2 Å². The number of rotatable bonds is 8. The summed E-state index contributed by atoms with van der Waals surface area (Å²) in [5.74, 6) is -0.0205. The minimum atomic E-state index is -4.04. The van der Waals surface area contributed by atoms with Crippen LogP contribution in [0, 0.1) is 5.82 Å². The Balaban J connectivity index is 1.55. The molecule has 0 atom stereocenters. The molecule has 0 bridgehead atoms. The Morgan fingerprint density at radius 3 is 2.37 bits per heavy atom. The van der Waals surface area contributed by atoms with Gasteiger partial charge in [0, 0.05) is 11.8 Å². The molecule has 1 aromatic heterocycles. The van der Waals surface area contributed by atoms with Crippen LogP contribution in [0.3, 0.4) is 0 Å². The molecule has 0 spiro atoms. The summed E-state index contributed by atoms with van der Waals surface area (Å²) >= 11 is 0. The Labute approximate surface area is 200 Å². The third-order valence-corrected chi connectivity index (χ3v) is 6.32. The predicted molar refractivity (Wildman–Crippen MR) is 127 cm³/mol. The molecule has 4 rings (SSSR count). The zero-order valence-electron chi connectivity index (χ0n) is 18.6. The zero-order valence-corrected chi connectivity index (χ0v) is 19.4. The van der Waals surface area contributed by atoms with Crippen LogP contribution in [0.5, 0.6) is 11.5 Å². The van der Waals surface area contributed by atoms with Crippen molar-refractivity contribution in [2.75, 3.05) is 24.3 Å². The summed E-state index contributed by atoms with van der Waals surface area (Å²) in [4.78, 5) is 12.6. The third kappa shape index (κ3) is 5.25. The van der Waals surface area contributed by atoms with Crippen molar-refractivity contribution in [2.24, 2.45) is 0 Å². The number of amides is 1. The molecule has 4 aromatic rings. The lowest BCUT2D eigenvalue weighted by atomic mass is 10.1. The number of methoxy groups -OCH3 is 2. The molecular formula is C24H20FN3O6S. The number of hydrogen-bond donors (Lipinski definition) is 2. The van der Waals surface area contributed by atoms with Crippen molar-refractivity contribution in [3.05, 3.63) is 84.3 Å². The highest BCUT2D eigenvalue weighted by atomic mass is 32.2. The number of sulfonamides is 1. The number of anilines is 2. The maximum atomic E-state index is 13.2. The topological polar surface area (TPSA) is 120 Å². The van der Waals surface area contributed by atoms with Crippen LogP contribution >= 0.6 is 0 Å². The molecule has 0 radical (unpaired) electrons. The van der Waals surface area contributed by atoms with Crippen LogP contribution in [0.1, 0.15) is 10.5 Å². The minimum Gasteiger partial charge on any atom is -0.496 e. The SMILES string of the molecule is COc1ccc(NC(=O)c2cc(-c3ccccc3OC)on2)cc1NS(=O)(=O)c1ccc(F)cc1. The number of ether oxygens (including phenoxy) is 2. The summed E-state index contributed by atoms with van der Waals surface area (Å²) in [7, 11) is -1.15. The van der Waals surface area contributed by atoms with E-state index >= 15 is 0 Å². The van der Waals surface area contributed by atoms with E-state index in [-0.39, 0.29) is 27.7 Å². The molecule has 11 heteroatoms. The summed E-state index contributed by atoms with van der Waals surface area (Å²) in [5, 5.41) is 6.46. The van der Waals surface area contributed by atoms with E-state index in [1.807, 2.05) is 0 Å². The summed E-state index contributed by atoms with van der Waals surface area (Å²) < 4.78 is 56.8.